The van der Waals surface area contributed by atoms with Crippen molar-refractivity contribution in [3.8, 4) is 5.69 Å². The number of anilines is 1. The lowest BCUT2D eigenvalue weighted by molar-refractivity contribution is 0.0601. The molecule has 0 bridgehead atoms. The summed E-state index contributed by atoms with van der Waals surface area (Å²) in [5, 5.41) is 0. The van der Waals surface area contributed by atoms with E-state index in [1.807, 2.05) is 41.2 Å². The van der Waals surface area contributed by atoms with Crippen LogP contribution in [0.25, 0.3) is 5.69 Å². The van der Waals surface area contributed by atoms with Crippen molar-refractivity contribution in [1.82, 2.24) is 4.57 Å². The number of carbonyl (C=O) groups excluding carboxylic acids is 1. The van der Waals surface area contributed by atoms with Gasteiger partial charge in [-0.15, -0.1) is 0 Å². The van der Waals surface area contributed by atoms with E-state index in [9.17, 15) is 4.79 Å². The van der Waals surface area contributed by atoms with E-state index in [1.165, 1.54) is 26.4 Å². The first-order chi connectivity index (χ1) is 10.7. The molecule has 0 aliphatic carbocycles. The minimum atomic E-state index is -0.276. The van der Waals surface area contributed by atoms with Gasteiger partial charge in [-0.1, -0.05) is 0 Å². The van der Waals surface area contributed by atoms with E-state index in [0.29, 0.717) is 11.6 Å². The molecule has 1 aliphatic heterocycles. The van der Waals surface area contributed by atoms with Crippen molar-refractivity contribution in [3.63, 3.8) is 0 Å². The van der Waals surface area contributed by atoms with Crippen LogP contribution in [0.3, 0.4) is 0 Å². The Morgan fingerprint density at radius 1 is 1.23 bits per heavy atom. The lowest BCUT2D eigenvalue weighted by Crippen LogP contribution is -2.38. The zero-order valence-corrected chi connectivity index (χ0v) is 13.2. The van der Waals surface area contributed by atoms with Crippen LogP contribution in [-0.2, 0) is 4.74 Å². The number of hydrogen-bond acceptors (Lipinski definition) is 3. The second-order valence-corrected chi connectivity index (χ2v) is 5.82. The number of esters is 1. The largest absolute Gasteiger partial charge is 0.465 e. The van der Waals surface area contributed by atoms with E-state index < -0.39 is 0 Å². The summed E-state index contributed by atoms with van der Waals surface area (Å²) < 4.78 is 7.00. The van der Waals surface area contributed by atoms with Gasteiger partial charge in [-0.05, 0) is 56.5 Å². The van der Waals surface area contributed by atoms with Crippen molar-refractivity contribution in [2.45, 2.75) is 32.2 Å². The average Bonchev–Trinajstić information content (AvgIpc) is 3.08. The SMILES string of the molecule is COC(=O)c1cc(-n2cccc2)ccc1N1CCCC[C@H]1C. The third-order valence-corrected chi connectivity index (χ3v) is 4.40. The van der Waals surface area contributed by atoms with E-state index in [0.717, 1.165) is 17.9 Å². The molecular formula is C18H22N2O2. The van der Waals surface area contributed by atoms with Gasteiger partial charge in [0, 0.05) is 30.7 Å². The van der Waals surface area contributed by atoms with Crippen LogP contribution in [0.2, 0.25) is 0 Å². The Labute approximate surface area is 131 Å². The maximum atomic E-state index is 12.2. The number of aromatic nitrogens is 1. The zero-order chi connectivity index (χ0) is 15.5. The van der Waals surface area contributed by atoms with Crippen LogP contribution in [0, 0.1) is 0 Å². The molecule has 0 N–H and O–H groups in total. The fraction of sp³-hybridized carbons (Fsp3) is 0.389. The van der Waals surface area contributed by atoms with Gasteiger partial charge in [-0.3, -0.25) is 0 Å². The average molecular weight is 298 g/mol. The second kappa shape index (κ2) is 6.26. The van der Waals surface area contributed by atoms with E-state index in [4.69, 9.17) is 4.74 Å². The molecule has 0 saturated carbocycles. The molecule has 1 aromatic heterocycles. The normalized spacial score (nSPS) is 18.3. The van der Waals surface area contributed by atoms with Gasteiger partial charge in [0.1, 0.15) is 0 Å². The summed E-state index contributed by atoms with van der Waals surface area (Å²) in [6, 6.07) is 10.4. The van der Waals surface area contributed by atoms with Crippen molar-refractivity contribution in [3.05, 3.63) is 48.3 Å². The summed E-state index contributed by atoms with van der Waals surface area (Å²) >= 11 is 0. The summed E-state index contributed by atoms with van der Waals surface area (Å²) in [6.45, 7) is 3.22. The van der Waals surface area contributed by atoms with Gasteiger partial charge >= 0.3 is 5.97 Å². The third-order valence-electron chi connectivity index (χ3n) is 4.40. The molecule has 0 unspecified atom stereocenters. The van der Waals surface area contributed by atoms with Crippen molar-refractivity contribution >= 4 is 11.7 Å². The zero-order valence-electron chi connectivity index (χ0n) is 13.2. The Kier molecular flexibility index (Phi) is 4.18. The maximum absolute atomic E-state index is 12.2. The molecule has 4 heteroatoms. The van der Waals surface area contributed by atoms with Gasteiger partial charge in [0.15, 0.2) is 0 Å². The summed E-state index contributed by atoms with van der Waals surface area (Å²) in [5.41, 5.74) is 2.59. The van der Waals surface area contributed by atoms with Crippen LogP contribution in [0.5, 0.6) is 0 Å². The van der Waals surface area contributed by atoms with Gasteiger partial charge in [0.2, 0.25) is 0 Å². The maximum Gasteiger partial charge on any atom is 0.340 e. The van der Waals surface area contributed by atoms with E-state index in [2.05, 4.69) is 17.9 Å². The molecule has 0 radical (unpaired) electrons. The fourth-order valence-electron chi connectivity index (χ4n) is 3.17. The quantitative estimate of drug-likeness (QED) is 0.811. The van der Waals surface area contributed by atoms with Crippen molar-refractivity contribution in [2.75, 3.05) is 18.6 Å². The Morgan fingerprint density at radius 3 is 2.68 bits per heavy atom. The number of methoxy groups -OCH3 is 1. The van der Waals surface area contributed by atoms with Gasteiger partial charge in [0.25, 0.3) is 0 Å². The van der Waals surface area contributed by atoms with Crippen LogP contribution < -0.4 is 4.90 Å². The highest BCUT2D eigenvalue weighted by atomic mass is 16.5. The molecule has 1 saturated heterocycles. The minimum absolute atomic E-state index is 0.276. The lowest BCUT2D eigenvalue weighted by atomic mass is 10.0. The number of piperidine rings is 1. The highest BCUT2D eigenvalue weighted by Gasteiger charge is 2.24. The molecular weight excluding hydrogens is 276 g/mol. The van der Waals surface area contributed by atoms with Crippen molar-refractivity contribution in [2.24, 2.45) is 0 Å². The van der Waals surface area contributed by atoms with E-state index in [1.54, 1.807) is 0 Å². The van der Waals surface area contributed by atoms with Crippen LogP contribution in [0.1, 0.15) is 36.5 Å². The minimum Gasteiger partial charge on any atom is -0.465 e. The lowest BCUT2D eigenvalue weighted by Gasteiger charge is -2.36. The number of carbonyl (C=O) groups is 1. The Hall–Kier alpha value is -2.23. The molecule has 1 fully saturated rings. The van der Waals surface area contributed by atoms with Crippen molar-refractivity contribution < 1.29 is 9.53 Å². The summed E-state index contributed by atoms with van der Waals surface area (Å²) in [5.74, 6) is -0.276. The number of hydrogen-bond donors (Lipinski definition) is 0. The number of nitrogens with zero attached hydrogens (tertiary/aromatic N) is 2. The van der Waals surface area contributed by atoms with Crippen LogP contribution in [0.4, 0.5) is 5.69 Å². The first-order valence-corrected chi connectivity index (χ1v) is 7.83. The molecule has 1 aromatic carbocycles. The second-order valence-electron chi connectivity index (χ2n) is 5.82. The molecule has 0 amide bonds. The molecule has 116 valence electrons. The Morgan fingerprint density at radius 2 is 2.00 bits per heavy atom. The number of rotatable bonds is 3. The first kappa shape index (κ1) is 14.7. The van der Waals surface area contributed by atoms with Crippen molar-refractivity contribution in [1.29, 1.82) is 0 Å². The molecule has 2 heterocycles. The predicted molar refractivity (Wildman–Crippen MR) is 87.8 cm³/mol. The standard InChI is InChI=1S/C18H22N2O2/c1-14-7-3-4-12-20(14)17-9-8-15(19-10-5-6-11-19)13-16(17)18(21)22-2/h5-6,8-11,13-14H,3-4,7,12H2,1-2H3/t14-/m1/s1. The van der Waals surface area contributed by atoms with Gasteiger partial charge in [0.05, 0.1) is 18.4 Å². The highest BCUT2D eigenvalue weighted by molar-refractivity contribution is 5.96. The van der Waals surface area contributed by atoms with Crippen LogP contribution in [0.15, 0.2) is 42.7 Å². The summed E-state index contributed by atoms with van der Waals surface area (Å²) in [7, 11) is 1.44. The Bertz CT molecular complexity index is 649. The molecule has 3 rings (SSSR count). The summed E-state index contributed by atoms with van der Waals surface area (Å²) in [4.78, 5) is 14.6. The number of ether oxygens (including phenoxy) is 1. The molecule has 22 heavy (non-hydrogen) atoms. The van der Waals surface area contributed by atoms with E-state index in [-0.39, 0.29) is 5.97 Å². The van der Waals surface area contributed by atoms with Crippen LogP contribution in [-0.4, -0.2) is 30.2 Å². The smallest absolute Gasteiger partial charge is 0.340 e. The molecule has 0 spiro atoms. The van der Waals surface area contributed by atoms with Gasteiger partial charge < -0.3 is 14.2 Å². The molecule has 1 atom stereocenters. The predicted octanol–water partition coefficient (Wildman–Crippen LogP) is 3.64. The highest BCUT2D eigenvalue weighted by Crippen LogP contribution is 2.30. The monoisotopic (exact) mass is 298 g/mol. The molecule has 2 aromatic rings. The van der Waals surface area contributed by atoms with E-state index >= 15 is 0 Å². The molecule has 1 aliphatic rings. The third kappa shape index (κ3) is 2.73. The number of benzene rings is 1. The Balaban J connectivity index is 2.03. The van der Waals surface area contributed by atoms with Crippen LogP contribution >= 0.6 is 0 Å². The summed E-state index contributed by atoms with van der Waals surface area (Å²) in [6.07, 6.45) is 7.54. The molecule has 4 nitrogen and oxygen atoms in total. The first-order valence-electron chi connectivity index (χ1n) is 7.83. The van der Waals surface area contributed by atoms with Gasteiger partial charge in [-0.2, -0.15) is 0 Å². The fourth-order valence-corrected chi connectivity index (χ4v) is 3.17. The van der Waals surface area contributed by atoms with Gasteiger partial charge in [-0.25, -0.2) is 4.79 Å². The topological polar surface area (TPSA) is 34.5 Å².